The molecular weight excluding hydrogens is 384 g/mol. The second-order valence-electron chi connectivity index (χ2n) is 5.26. The van der Waals surface area contributed by atoms with Crippen molar-refractivity contribution in [3.63, 3.8) is 0 Å². The number of nitrogens with two attached hydrogens (primary N) is 1. The molecule has 0 aromatic heterocycles. The van der Waals surface area contributed by atoms with Crippen molar-refractivity contribution in [3.05, 3.63) is 58.6 Å². The molecule has 2 aromatic carbocycles. The number of hydrogen-bond donors (Lipinski definition) is 3. The summed E-state index contributed by atoms with van der Waals surface area (Å²) < 4.78 is 30.7. The van der Waals surface area contributed by atoms with Gasteiger partial charge in [0.05, 0.1) is 12.1 Å². The molecule has 10 heteroatoms. The number of esters is 1. The first kappa shape index (κ1) is 20.1. The Bertz CT molecular complexity index is 892. The van der Waals surface area contributed by atoms with E-state index in [1.54, 1.807) is 0 Å². The van der Waals surface area contributed by atoms with Gasteiger partial charge in [-0.15, -0.1) is 0 Å². The van der Waals surface area contributed by atoms with E-state index >= 15 is 0 Å². The van der Waals surface area contributed by atoms with E-state index in [1.165, 1.54) is 18.2 Å². The van der Waals surface area contributed by atoms with Crippen LogP contribution in [0, 0.1) is 11.6 Å². The van der Waals surface area contributed by atoms with Crippen molar-refractivity contribution in [2.24, 2.45) is 0 Å². The first-order chi connectivity index (χ1) is 12.8. The highest BCUT2D eigenvalue weighted by Crippen LogP contribution is 2.18. The number of nitrogen functional groups attached to an aromatic ring is 1. The van der Waals surface area contributed by atoms with E-state index < -0.39 is 42.6 Å². The van der Waals surface area contributed by atoms with Crippen molar-refractivity contribution in [3.8, 4) is 0 Å². The summed E-state index contributed by atoms with van der Waals surface area (Å²) in [5.74, 6) is -4.45. The minimum Gasteiger partial charge on any atom is -0.452 e. The third kappa shape index (κ3) is 5.93. The summed E-state index contributed by atoms with van der Waals surface area (Å²) in [6, 6.07) is 7.02. The van der Waals surface area contributed by atoms with Crippen molar-refractivity contribution >= 4 is 40.8 Å². The van der Waals surface area contributed by atoms with Crippen molar-refractivity contribution in [1.29, 1.82) is 0 Å². The van der Waals surface area contributed by atoms with E-state index in [0.29, 0.717) is 0 Å². The van der Waals surface area contributed by atoms with Crippen LogP contribution in [-0.2, 0) is 14.3 Å². The summed E-state index contributed by atoms with van der Waals surface area (Å²) in [6.45, 7) is -1.11. The number of amides is 2. The molecule has 0 saturated carbocycles. The van der Waals surface area contributed by atoms with Crippen LogP contribution in [0.25, 0.3) is 0 Å². The van der Waals surface area contributed by atoms with Crippen LogP contribution in [-0.4, -0.2) is 30.9 Å². The van der Waals surface area contributed by atoms with E-state index in [1.807, 2.05) is 0 Å². The molecule has 2 rings (SSSR count). The number of halogens is 3. The van der Waals surface area contributed by atoms with Crippen LogP contribution >= 0.6 is 11.6 Å². The molecule has 27 heavy (non-hydrogen) atoms. The van der Waals surface area contributed by atoms with Crippen molar-refractivity contribution in [2.75, 3.05) is 24.2 Å². The Labute approximate surface area is 157 Å². The highest BCUT2D eigenvalue weighted by molar-refractivity contribution is 6.31. The van der Waals surface area contributed by atoms with Crippen LogP contribution in [0.1, 0.15) is 10.4 Å². The molecule has 0 spiro atoms. The number of carbonyl (C=O) groups is 3. The summed E-state index contributed by atoms with van der Waals surface area (Å²) in [6.07, 6.45) is 0. The van der Waals surface area contributed by atoms with Crippen LogP contribution in [0.2, 0.25) is 5.02 Å². The number of anilines is 2. The fraction of sp³-hybridized carbons (Fsp3) is 0.118. The largest absolute Gasteiger partial charge is 0.452 e. The van der Waals surface area contributed by atoms with Crippen molar-refractivity contribution in [1.82, 2.24) is 5.32 Å². The molecule has 2 aromatic rings. The molecule has 0 bridgehead atoms. The molecule has 0 saturated heterocycles. The zero-order valence-corrected chi connectivity index (χ0v) is 14.5. The van der Waals surface area contributed by atoms with E-state index in [2.05, 4.69) is 10.6 Å². The van der Waals surface area contributed by atoms with Gasteiger partial charge in [-0.2, -0.15) is 0 Å². The van der Waals surface area contributed by atoms with Gasteiger partial charge in [-0.1, -0.05) is 11.6 Å². The minimum absolute atomic E-state index is 0.00591. The van der Waals surface area contributed by atoms with Crippen LogP contribution in [0.5, 0.6) is 0 Å². The van der Waals surface area contributed by atoms with Gasteiger partial charge in [0.15, 0.2) is 18.2 Å². The lowest BCUT2D eigenvalue weighted by Gasteiger charge is -2.09. The highest BCUT2D eigenvalue weighted by Gasteiger charge is 2.14. The molecule has 0 radical (unpaired) electrons. The zero-order valence-electron chi connectivity index (χ0n) is 13.7. The van der Waals surface area contributed by atoms with Gasteiger partial charge in [0, 0.05) is 22.5 Å². The Morgan fingerprint density at radius 1 is 1.04 bits per heavy atom. The third-order valence-corrected chi connectivity index (χ3v) is 3.45. The average molecular weight is 398 g/mol. The Kier molecular flexibility index (Phi) is 6.67. The SMILES string of the molecule is Nc1ccc(Cl)cc1C(=O)OCC(=O)NCC(=O)Nc1ccc(F)c(F)c1. The van der Waals surface area contributed by atoms with Gasteiger partial charge < -0.3 is 21.1 Å². The summed E-state index contributed by atoms with van der Waals surface area (Å²) in [7, 11) is 0. The molecular formula is C17H14ClF2N3O4. The molecule has 0 heterocycles. The maximum absolute atomic E-state index is 13.1. The van der Waals surface area contributed by atoms with Crippen LogP contribution in [0.4, 0.5) is 20.2 Å². The molecule has 0 aliphatic carbocycles. The molecule has 2 amide bonds. The zero-order chi connectivity index (χ0) is 20.0. The van der Waals surface area contributed by atoms with Gasteiger partial charge in [0.1, 0.15) is 0 Å². The maximum atomic E-state index is 13.1. The lowest BCUT2D eigenvalue weighted by molar-refractivity contribution is -0.126. The molecule has 0 unspecified atom stereocenters. The first-order valence-corrected chi connectivity index (χ1v) is 7.88. The summed E-state index contributed by atoms with van der Waals surface area (Å²) in [5.41, 5.74) is 5.79. The van der Waals surface area contributed by atoms with Gasteiger partial charge in [-0.05, 0) is 30.3 Å². The van der Waals surface area contributed by atoms with E-state index in [-0.39, 0.29) is 22.0 Å². The van der Waals surface area contributed by atoms with Crippen molar-refractivity contribution < 1.29 is 27.9 Å². The van der Waals surface area contributed by atoms with Crippen LogP contribution < -0.4 is 16.4 Å². The Hall–Kier alpha value is -3.20. The lowest BCUT2D eigenvalue weighted by atomic mass is 10.2. The van der Waals surface area contributed by atoms with E-state index in [4.69, 9.17) is 22.1 Å². The molecule has 142 valence electrons. The molecule has 0 fully saturated rings. The van der Waals surface area contributed by atoms with Gasteiger partial charge in [-0.25, -0.2) is 13.6 Å². The standard InChI is InChI=1S/C17H14ClF2N3O4/c18-9-1-4-14(21)11(5-9)17(26)27-8-16(25)22-7-15(24)23-10-2-3-12(19)13(20)6-10/h1-6H,7-8,21H2,(H,22,25)(H,23,24). The number of nitrogens with one attached hydrogen (secondary N) is 2. The first-order valence-electron chi connectivity index (χ1n) is 7.50. The van der Waals surface area contributed by atoms with E-state index in [9.17, 15) is 23.2 Å². The Balaban J connectivity index is 1.78. The topological polar surface area (TPSA) is 111 Å². The van der Waals surface area contributed by atoms with Gasteiger partial charge in [0.25, 0.3) is 5.91 Å². The van der Waals surface area contributed by atoms with Gasteiger partial charge in [0.2, 0.25) is 5.91 Å². The highest BCUT2D eigenvalue weighted by atomic mass is 35.5. The average Bonchev–Trinajstić information content (AvgIpc) is 2.63. The summed E-state index contributed by atoms with van der Waals surface area (Å²) in [4.78, 5) is 35.2. The van der Waals surface area contributed by atoms with Crippen LogP contribution in [0.15, 0.2) is 36.4 Å². The summed E-state index contributed by atoms with van der Waals surface area (Å²) >= 11 is 5.76. The molecule has 0 aliphatic heterocycles. The fourth-order valence-corrected chi connectivity index (χ4v) is 2.10. The van der Waals surface area contributed by atoms with Gasteiger partial charge in [-0.3, -0.25) is 9.59 Å². The molecule has 4 N–H and O–H groups in total. The second-order valence-corrected chi connectivity index (χ2v) is 5.70. The predicted molar refractivity (Wildman–Crippen MR) is 94.1 cm³/mol. The Morgan fingerprint density at radius 3 is 2.48 bits per heavy atom. The smallest absolute Gasteiger partial charge is 0.340 e. The minimum atomic E-state index is -1.12. The third-order valence-electron chi connectivity index (χ3n) is 3.22. The van der Waals surface area contributed by atoms with E-state index in [0.717, 1.165) is 18.2 Å². The molecule has 7 nitrogen and oxygen atoms in total. The van der Waals surface area contributed by atoms with Crippen molar-refractivity contribution in [2.45, 2.75) is 0 Å². The lowest BCUT2D eigenvalue weighted by Crippen LogP contribution is -2.35. The number of rotatable bonds is 6. The number of carbonyl (C=O) groups excluding carboxylic acids is 3. The van der Waals surface area contributed by atoms with Gasteiger partial charge >= 0.3 is 5.97 Å². The summed E-state index contributed by atoms with van der Waals surface area (Å²) in [5, 5.41) is 4.75. The quantitative estimate of drug-likeness (QED) is 0.510. The normalized spacial score (nSPS) is 10.2. The predicted octanol–water partition coefficient (Wildman–Crippen LogP) is 2.11. The number of benzene rings is 2. The van der Waals surface area contributed by atoms with Crippen LogP contribution in [0.3, 0.4) is 0 Å². The Morgan fingerprint density at radius 2 is 1.78 bits per heavy atom. The number of ether oxygens (including phenoxy) is 1. The second kappa shape index (κ2) is 8.95. The molecule has 0 aliphatic rings. The monoisotopic (exact) mass is 397 g/mol. The number of hydrogen-bond acceptors (Lipinski definition) is 5. The fourth-order valence-electron chi connectivity index (χ4n) is 1.92. The maximum Gasteiger partial charge on any atom is 0.340 e. The molecule has 0 atom stereocenters.